The molecular weight excluding hydrogens is 236 g/mol. The van der Waals surface area contributed by atoms with E-state index in [-0.39, 0.29) is 11.8 Å². The minimum absolute atomic E-state index is 0.0299. The van der Waals surface area contributed by atoms with Crippen LogP contribution in [0.4, 0.5) is 0 Å². The van der Waals surface area contributed by atoms with Crippen molar-refractivity contribution < 1.29 is 4.79 Å². The molecule has 1 saturated carbocycles. The Morgan fingerprint density at radius 2 is 2.16 bits per heavy atom. The molecule has 3 heteroatoms. The molecule has 1 amide bonds. The summed E-state index contributed by atoms with van der Waals surface area (Å²) in [5.74, 6) is 0.784. The van der Waals surface area contributed by atoms with Crippen molar-refractivity contribution in [1.29, 1.82) is 0 Å². The second-order valence-corrected chi connectivity index (χ2v) is 5.91. The summed E-state index contributed by atoms with van der Waals surface area (Å²) >= 11 is 0. The lowest BCUT2D eigenvalue weighted by atomic mass is 9.90. The maximum absolute atomic E-state index is 12.5. The first-order valence-electron chi connectivity index (χ1n) is 7.34. The maximum atomic E-state index is 12.5. The van der Waals surface area contributed by atoms with Crippen molar-refractivity contribution in [3.8, 4) is 0 Å². The number of benzene rings is 1. The number of hydrogen-bond acceptors (Lipinski definition) is 2. The van der Waals surface area contributed by atoms with E-state index in [1.165, 1.54) is 24.0 Å². The molecule has 1 aromatic rings. The van der Waals surface area contributed by atoms with E-state index in [0.29, 0.717) is 12.0 Å². The number of nitrogens with one attached hydrogen (secondary N) is 2. The molecule has 0 radical (unpaired) electrons. The van der Waals surface area contributed by atoms with Crippen LogP contribution in [0.3, 0.4) is 0 Å². The number of carbonyl (C=O) groups is 1. The highest BCUT2D eigenvalue weighted by Crippen LogP contribution is 2.27. The quantitative estimate of drug-likeness (QED) is 0.853. The van der Waals surface area contributed by atoms with E-state index in [0.717, 1.165) is 19.5 Å². The fourth-order valence-corrected chi connectivity index (χ4v) is 3.37. The van der Waals surface area contributed by atoms with Gasteiger partial charge in [0.1, 0.15) is 0 Å². The van der Waals surface area contributed by atoms with Crippen LogP contribution in [0.1, 0.15) is 43.2 Å². The molecule has 2 N–H and O–H groups in total. The highest BCUT2D eigenvalue weighted by atomic mass is 16.2. The van der Waals surface area contributed by atoms with Crippen molar-refractivity contribution in [2.24, 2.45) is 5.92 Å². The van der Waals surface area contributed by atoms with E-state index < -0.39 is 0 Å². The van der Waals surface area contributed by atoms with Gasteiger partial charge in [0.2, 0.25) is 5.91 Å². The lowest BCUT2D eigenvalue weighted by molar-refractivity contribution is -0.123. The first kappa shape index (κ1) is 12.7. The molecule has 3 unspecified atom stereocenters. The van der Waals surface area contributed by atoms with E-state index in [9.17, 15) is 4.79 Å². The zero-order valence-corrected chi connectivity index (χ0v) is 11.5. The molecule has 2 aliphatic rings. The van der Waals surface area contributed by atoms with E-state index in [2.05, 4.69) is 29.7 Å². The Hall–Kier alpha value is -1.35. The molecule has 1 fully saturated rings. The van der Waals surface area contributed by atoms with Gasteiger partial charge in [-0.3, -0.25) is 4.79 Å². The molecule has 0 spiro atoms. The fraction of sp³-hybridized carbons (Fsp3) is 0.562. The molecular formula is C16H22N2O. The largest absolute Gasteiger partial charge is 0.353 e. The van der Waals surface area contributed by atoms with Gasteiger partial charge in [0.15, 0.2) is 0 Å². The van der Waals surface area contributed by atoms with Crippen molar-refractivity contribution in [3.05, 3.63) is 35.4 Å². The van der Waals surface area contributed by atoms with Crippen LogP contribution in [-0.4, -0.2) is 18.5 Å². The summed E-state index contributed by atoms with van der Waals surface area (Å²) < 4.78 is 0. The second-order valence-electron chi connectivity index (χ2n) is 5.91. The van der Waals surface area contributed by atoms with Gasteiger partial charge in [-0.1, -0.05) is 37.6 Å². The first-order valence-corrected chi connectivity index (χ1v) is 7.34. The summed E-state index contributed by atoms with van der Waals surface area (Å²) in [6.07, 6.45) is 3.62. The van der Waals surface area contributed by atoms with Gasteiger partial charge in [0, 0.05) is 19.1 Å². The third kappa shape index (κ3) is 2.52. The monoisotopic (exact) mass is 258 g/mol. The van der Waals surface area contributed by atoms with Crippen LogP contribution in [-0.2, 0) is 11.3 Å². The molecule has 102 valence electrons. The summed E-state index contributed by atoms with van der Waals surface area (Å²) in [6, 6.07) is 8.66. The minimum Gasteiger partial charge on any atom is -0.353 e. The Kier molecular flexibility index (Phi) is 3.56. The summed E-state index contributed by atoms with van der Waals surface area (Å²) in [4.78, 5) is 12.5. The molecule has 3 nitrogen and oxygen atoms in total. The van der Waals surface area contributed by atoms with Gasteiger partial charge in [-0.2, -0.15) is 0 Å². The topological polar surface area (TPSA) is 41.1 Å². The molecule has 19 heavy (non-hydrogen) atoms. The zero-order valence-electron chi connectivity index (χ0n) is 11.5. The molecule has 1 aliphatic carbocycles. The van der Waals surface area contributed by atoms with Gasteiger partial charge in [-0.05, 0) is 29.9 Å². The molecule has 1 heterocycles. The van der Waals surface area contributed by atoms with Crippen LogP contribution < -0.4 is 10.6 Å². The van der Waals surface area contributed by atoms with Crippen molar-refractivity contribution in [2.75, 3.05) is 6.54 Å². The fourth-order valence-electron chi connectivity index (χ4n) is 3.37. The Labute approximate surface area is 114 Å². The van der Waals surface area contributed by atoms with Crippen LogP contribution in [0.2, 0.25) is 0 Å². The van der Waals surface area contributed by atoms with Gasteiger partial charge in [-0.15, -0.1) is 0 Å². The van der Waals surface area contributed by atoms with E-state index in [1.807, 2.05) is 12.1 Å². The Balaban J connectivity index is 1.74. The summed E-state index contributed by atoms with van der Waals surface area (Å²) in [6.45, 7) is 3.87. The molecule has 3 atom stereocenters. The highest BCUT2D eigenvalue weighted by molar-refractivity contribution is 5.85. The lowest BCUT2D eigenvalue weighted by Gasteiger charge is -2.27. The maximum Gasteiger partial charge on any atom is 0.229 e. The van der Waals surface area contributed by atoms with Gasteiger partial charge in [0.05, 0.1) is 5.92 Å². The van der Waals surface area contributed by atoms with Crippen LogP contribution >= 0.6 is 0 Å². The van der Waals surface area contributed by atoms with Gasteiger partial charge >= 0.3 is 0 Å². The highest BCUT2D eigenvalue weighted by Gasteiger charge is 2.30. The predicted molar refractivity (Wildman–Crippen MR) is 75.8 cm³/mol. The van der Waals surface area contributed by atoms with Crippen molar-refractivity contribution in [2.45, 2.75) is 44.7 Å². The van der Waals surface area contributed by atoms with Crippen LogP contribution in [0.15, 0.2) is 24.3 Å². The van der Waals surface area contributed by atoms with Gasteiger partial charge in [-0.25, -0.2) is 0 Å². The average molecular weight is 258 g/mol. The lowest BCUT2D eigenvalue weighted by Crippen LogP contribution is -2.43. The molecule has 3 rings (SSSR count). The summed E-state index contributed by atoms with van der Waals surface area (Å²) in [5, 5.41) is 6.61. The standard InChI is InChI=1S/C16H22N2O/c1-11-5-4-8-15(11)18-16(19)14-10-17-9-12-6-2-3-7-13(12)14/h2-3,6-7,11,14-15,17H,4-5,8-10H2,1H3,(H,18,19). The van der Waals surface area contributed by atoms with E-state index in [1.54, 1.807) is 0 Å². The number of rotatable bonds is 2. The Morgan fingerprint density at radius 3 is 2.95 bits per heavy atom. The normalized spacial score (nSPS) is 29.8. The van der Waals surface area contributed by atoms with Crippen molar-refractivity contribution in [3.63, 3.8) is 0 Å². The van der Waals surface area contributed by atoms with E-state index in [4.69, 9.17) is 0 Å². The van der Waals surface area contributed by atoms with Crippen molar-refractivity contribution in [1.82, 2.24) is 10.6 Å². The number of carbonyl (C=O) groups excluding carboxylic acids is 1. The van der Waals surface area contributed by atoms with Crippen LogP contribution in [0.25, 0.3) is 0 Å². The van der Waals surface area contributed by atoms with E-state index >= 15 is 0 Å². The number of hydrogen-bond donors (Lipinski definition) is 2. The number of amides is 1. The third-order valence-corrected chi connectivity index (χ3v) is 4.60. The predicted octanol–water partition coefficient (Wildman–Crippen LogP) is 2.18. The Bertz CT molecular complexity index is 472. The minimum atomic E-state index is -0.0299. The molecule has 1 aromatic carbocycles. The number of fused-ring (bicyclic) bond motifs is 1. The SMILES string of the molecule is CC1CCCC1NC(=O)C1CNCc2ccccc21. The molecule has 0 bridgehead atoms. The summed E-state index contributed by atoms with van der Waals surface area (Å²) in [5.41, 5.74) is 2.46. The second kappa shape index (κ2) is 5.33. The van der Waals surface area contributed by atoms with Gasteiger partial charge in [0.25, 0.3) is 0 Å². The molecule has 0 aromatic heterocycles. The van der Waals surface area contributed by atoms with Crippen LogP contribution in [0, 0.1) is 5.92 Å². The van der Waals surface area contributed by atoms with Crippen LogP contribution in [0.5, 0.6) is 0 Å². The zero-order chi connectivity index (χ0) is 13.2. The Morgan fingerprint density at radius 1 is 1.32 bits per heavy atom. The third-order valence-electron chi connectivity index (χ3n) is 4.60. The van der Waals surface area contributed by atoms with Gasteiger partial charge < -0.3 is 10.6 Å². The molecule has 1 aliphatic heterocycles. The van der Waals surface area contributed by atoms with Crippen molar-refractivity contribution >= 4 is 5.91 Å². The summed E-state index contributed by atoms with van der Waals surface area (Å²) in [7, 11) is 0. The smallest absolute Gasteiger partial charge is 0.229 e. The molecule has 0 saturated heterocycles. The first-order chi connectivity index (χ1) is 9.25. The average Bonchev–Trinajstić information content (AvgIpc) is 2.83.